The first-order chi connectivity index (χ1) is 9.56. The van der Waals surface area contributed by atoms with Gasteiger partial charge in [-0.05, 0) is 30.9 Å². The quantitative estimate of drug-likeness (QED) is 0.909. The maximum absolute atomic E-state index is 11.4. The zero-order chi connectivity index (χ0) is 14.5. The van der Waals surface area contributed by atoms with Crippen molar-refractivity contribution in [1.82, 2.24) is 9.55 Å². The van der Waals surface area contributed by atoms with Gasteiger partial charge in [0.15, 0.2) is 0 Å². The number of carbonyl (C=O) groups is 1. The molecule has 2 rings (SSSR count). The number of amides is 1. The molecule has 0 unspecified atom stereocenters. The fourth-order valence-corrected chi connectivity index (χ4v) is 1.79. The van der Waals surface area contributed by atoms with Crippen LogP contribution in [-0.4, -0.2) is 15.6 Å². The molecule has 0 saturated carbocycles. The molecule has 5 heteroatoms. The summed E-state index contributed by atoms with van der Waals surface area (Å²) in [6.07, 6.45) is 3.44. The Morgan fingerprint density at radius 1 is 1.35 bits per heavy atom. The third-order valence-electron chi connectivity index (χ3n) is 2.89. The van der Waals surface area contributed by atoms with E-state index in [4.69, 9.17) is 10.5 Å². The summed E-state index contributed by atoms with van der Waals surface area (Å²) in [6, 6.07) is 8.81. The Bertz CT molecular complexity index is 576. The predicted octanol–water partition coefficient (Wildman–Crippen LogP) is 3.19. The number of aryl methyl sites for hydroxylation is 1. The fraction of sp³-hybridized carbons (Fsp3) is 0.333. The van der Waals surface area contributed by atoms with E-state index >= 15 is 0 Å². The highest BCUT2D eigenvalue weighted by molar-refractivity contribution is 5.76. The van der Waals surface area contributed by atoms with E-state index in [0.717, 1.165) is 18.5 Å². The molecule has 106 valence electrons. The third-order valence-corrected chi connectivity index (χ3v) is 2.89. The zero-order valence-corrected chi connectivity index (χ0v) is 11.7. The molecule has 5 nitrogen and oxygen atoms in total. The van der Waals surface area contributed by atoms with Crippen LogP contribution < -0.4 is 10.5 Å². The largest absolute Gasteiger partial charge is 0.425 e. The first-order valence-corrected chi connectivity index (χ1v) is 6.67. The molecule has 0 aliphatic heterocycles. The summed E-state index contributed by atoms with van der Waals surface area (Å²) in [7, 11) is 0. The van der Waals surface area contributed by atoms with Gasteiger partial charge in [-0.25, -0.2) is 9.36 Å². The monoisotopic (exact) mass is 273 g/mol. The average molecular weight is 273 g/mol. The molecular weight excluding hydrogens is 254 g/mol. The number of primary amides is 1. The van der Waals surface area contributed by atoms with Crippen LogP contribution in [0.3, 0.4) is 0 Å². The fourth-order valence-electron chi connectivity index (χ4n) is 1.79. The van der Waals surface area contributed by atoms with Crippen molar-refractivity contribution in [1.29, 1.82) is 0 Å². The van der Waals surface area contributed by atoms with Gasteiger partial charge in [-0.3, -0.25) is 0 Å². The molecule has 2 aromatic rings. The first-order valence-electron chi connectivity index (χ1n) is 6.67. The van der Waals surface area contributed by atoms with Gasteiger partial charge in [0, 0.05) is 6.20 Å². The Morgan fingerprint density at radius 3 is 2.65 bits per heavy atom. The van der Waals surface area contributed by atoms with Crippen LogP contribution in [0.5, 0.6) is 11.8 Å². The number of imidazole rings is 1. The first kappa shape index (κ1) is 14.1. The van der Waals surface area contributed by atoms with E-state index in [1.807, 2.05) is 18.2 Å². The van der Waals surface area contributed by atoms with Crippen molar-refractivity contribution in [2.45, 2.75) is 26.7 Å². The number of ether oxygens (including phenoxy) is 1. The molecule has 0 saturated heterocycles. The summed E-state index contributed by atoms with van der Waals surface area (Å²) in [6.45, 7) is 4.29. The molecule has 0 fully saturated rings. The van der Waals surface area contributed by atoms with Gasteiger partial charge in [0.1, 0.15) is 5.75 Å². The second-order valence-electron chi connectivity index (χ2n) is 5.07. The van der Waals surface area contributed by atoms with Crippen molar-refractivity contribution < 1.29 is 9.53 Å². The van der Waals surface area contributed by atoms with Crippen LogP contribution >= 0.6 is 0 Å². The van der Waals surface area contributed by atoms with Gasteiger partial charge in [0.25, 0.3) is 0 Å². The normalized spacial score (nSPS) is 10.8. The maximum atomic E-state index is 11.4. The van der Waals surface area contributed by atoms with Gasteiger partial charge in [0.05, 0.1) is 5.69 Å². The standard InChI is InChI=1S/C15H19N3O2/c1-11(2)8-9-12-10-18(14(16)19)15(17-12)20-13-6-4-3-5-7-13/h3-7,10-11H,8-9H2,1-2H3,(H2,16,19). The van der Waals surface area contributed by atoms with Crippen LogP contribution in [0.2, 0.25) is 0 Å². The number of benzene rings is 1. The van der Waals surface area contributed by atoms with E-state index in [1.165, 1.54) is 4.57 Å². The highest BCUT2D eigenvalue weighted by atomic mass is 16.5. The van der Waals surface area contributed by atoms with Crippen molar-refractivity contribution >= 4 is 6.03 Å². The molecule has 2 N–H and O–H groups in total. The van der Waals surface area contributed by atoms with Crippen molar-refractivity contribution in [2.24, 2.45) is 11.7 Å². The van der Waals surface area contributed by atoms with E-state index in [2.05, 4.69) is 18.8 Å². The topological polar surface area (TPSA) is 70.1 Å². The minimum absolute atomic E-state index is 0.211. The van der Waals surface area contributed by atoms with Crippen LogP contribution in [0.1, 0.15) is 26.0 Å². The molecule has 0 radical (unpaired) electrons. The molecule has 20 heavy (non-hydrogen) atoms. The Kier molecular flexibility index (Phi) is 4.40. The third kappa shape index (κ3) is 3.60. The number of nitrogens with two attached hydrogens (primary N) is 1. The van der Waals surface area contributed by atoms with Gasteiger partial charge in [-0.1, -0.05) is 32.0 Å². The average Bonchev–Trinajstić information content (AvgIpc) is 2.81. The molecule has 0 aliphatic rings. The smallest absolute Gasteiger partial charge is 0.327 e. The van der Waals surface area contributed by atoms with Crippen molar-refractivity contribution in [3.8, 4) is 11.8 Å². The Morgan fingerprint density at radius 2 is 2.05 bits per heavy atom. The molecular formula is C15H19N3O2. The Labute approximate surface area is 118 Å². The molecule has 0 atom stereocenters. The van der Waals surface area contributed by atoms with Crippen molar-refractivity contribution in [3.63, 3.8) is 0 Å². The maximum Gasteiger partial charge on any atom is 0.327 e. The van der Waals surface area contributed by atoms with Gasteiger partial charge in [0.2, 0.25) is 0 Å². The minimum atomic E-state index is -0.598. The highest BCUT2D eigenvalue weighted by Crippen LogP contribution is 2.21. The van der Waals surface area contributed by atoms with Crippen LogP contribution in [0.15, 0.2) is 36.5 Å². The van der Waals surface area contributed by atoms with Crippen LogP contribution in [0, 0.1) is 5.92 Å². The number of hydrogen-bond acceptors (Lipinski definition) is 3. The van der Waals surface area contributed by atoms with Crippen LogP contribution in [-0.2, 0) is 6.42 Å². The number of aromatic nitrogens is 2. The number of nitrogens with zero attached hydrogens (tertiary/aromatic N) is 2. The summed E-state index contributed by atoms with van der Waals surface area (Å²) < 4.78 is 6.85. The lowest BCUT2D eigenvalue weighted by molar-refractivity contribution is 0.247. The SMILES string of the molecule is CC(C)CCc1cn(C(N)=O)c(Oc2ccccc2)n1. The van der Waals surface area contributed by atoms with E-state index in [0.29, 0.717) is 11.7 Å². The van der Waals surface area contributed by atoms with Crippen molar-refractivity contribution in [3.05, 3.63) is 42.2 Å². The molecule has 1 aromatic carbocycles. The van der Waals surface area contributed by atoms with Crippen LogP contribution in [0.4, 0.5) is 4.79 Å². The second kappa shape index (κ2) is 6.23. The predicted molar refractivity (Wildman–Crippen MR) is 76.9 cm³/mol. The molecule has 0 aliphatic carbocycles. The lowest BCUT2D eigenvalue weighted by Crippen LogP contribution is -2.19. The molecule has 1 aromatic heterocycles. The van der Waals surface area contributed by atoms with E-state index in [-0.39, 0.29) is 6.01 Å². The summed E-state index contributed by atoms with van der Waals surface area (Å²) in [5, 5.41) is 0. The summed E-state index contributed by atoms with van der Waals surface area (Å²) in [5.41, 5.74) is 6.15. The summed E-state index contributed by atoms with van der Waals surface area (Å²) in [5.74, 6) is 1.20. The Hall–Kier alpha value is -2.30. The molecule has 1 amide bonds. The van der Waals surface area contributed by atoms with Gasteiger partial charge in [-0.15, -0.1) is 0 Å². The van der Waals surface area contributed by atoms with E-state index in [1.54, 1.807) is 18.3 Å². The Balaban J connectivity index is 2.20. The molecule has 0 spiro atoms. The van der Waals surface area contributed by atoms with Gasteiger partial charge < -0.3 is 10.5 Å². The van der Waals surface area contributed by atoms with E-state index < -0.39 is 6.03 Å². The minimum Gasteiger partial charge on any atom is -0.425 e. The zero-order valence-electron chi connectivity index (χ0n) is 11.7. The van der Waals surface area contributed by atoms with Crippen LogP contribution in [0.25, 0.3) is 0 Å². The number of carbonyl (C=O) groups excluding carboxylic acids is 1. The second-order valence-corrected chi connectivity index (χ2v) is 5.07. The number of rotatable bonds is 5. The number of hydrogen-bond donors (Lipinski definition) is 1. The summed E-state index contributed by atoms with van der Waals surface area (Å²) >= 11 is 0. The van der Waals surface area contributed by atoms with Gasteiger partial charge >= 0.3 is 12.0 Å². The van der Waals surface area contributed by atoms with Gasteiger partial charge in [-0.2, -0.15) is 4.98 Å². The molecule has 0 bridgehead atoms. The lowest BCUT2D eigenvalue weighted by atomic mass is 10.1. The molecule has 1 heterocycles. The number of para-hydroxylation sites is 1. The lowest BCUT2D eigenvalue weighted by Gasteiger charge is -2.04. The highest BCUT2D eigenvalue weighted by Gasteiger charge is 2.14. The van der Waals surface area contributed by atoms with Crippen molar-refractivity contribution in [2.75, 3.05) is 0 Å². The van der Waals surface area contributed by atoms with E-state index in [9.17, 15) is 4.79 Å². The summed E-state index contributed by atoms with van der Waals surface area (Å²) in [4.78, 5) is 15.8.